The second-order valence-electron chi connectivity index (χ2n) is 4.45. The Hall–Kier alpha value is -0.320. The van der Waals surface area contributed by atoms with Crippen molar-refractivity contribution in [3.8, 4) is 5.75 Å². The van der Waals surface area contributed by atoms with Crippen LogP contribution in [0.3, 0.4) is 0 Å². The van der Waals surface area contributed by atoms with Crippen molar-refractivity contribution in [2.24, 2.45) is 0 Å². The molecule has 0 saturated heterocycles. The number of rotatable bonds is 4. The van der Waals surface area contributed by atoms with Gasteiger partial charge in [-0.15, -0.1) is 0 Å². The molecule has 1 aromatic carbocycles. The van der Waals surface area contributed by atoms with Crippen LogP contribution in [0.15, 0.2) is 33.2 Å². The first-order valence-corrected chi connectivity index (χ1v) is 7.69. The zero-order valence-corrected chi connectivity index (χ0v) is 13.6. The zero-order valence-electron chi connectivity index (χ0n) is 10.4. The molecule has 1 aromatic rings. The van der Waals surface area contributed by atoms with Crippen molar-refractivity contribution in [2.45, 2.75) is 31.8 Å². The molecule has 1 aliphatic rings. The van der Waals surface area contributed by atoms with Gasteiger partial charge in [0.2, 0.25) is 0 Å². The average molecular weight is 375 g/mol. The maximum absolute atomic E-state index is 5.30. The van der Waals surface area contributed by atoms with E-state index in [1.165, 1.54) is 18.4 Å². The molecule has 4 heteroatoms. The third kappa shape index (κ3) is 3.59. The summed E-state index contributed by atoms with van der Waals surface area (Å²) in [6, 6.07) is 4.82. The first-order chi connectivity index (χ1) is 8.70. The summed E-state index contributed by atoms with van der Waals surface area (Å²) in [7, 11) is 1.68. The van der Waals surface area contributed by atoms with E-state index in [9.17, 15) is 0 Å². The molecule has 18 heavy (non-hydrogen) atoms. The highest BCUT2D eigenvalue weighted by Gasteiger charge is 2.11. The number of ether oxygens (including phenoxy) is 1. The second-order valence-corrected chi connectivity index (χ2v) is 6.16. The summed E-state index contributed by atoms with van der Waals surface area (Å²) in [5.41, 5.74) is 1.25. The third-order valence-electron chi connectivity index (χ3n) is 3.13. The summed E-state index contributed by atoms with van der Waals surface area (Å²) in [4.78, 5) is 0. The second kappa shape index (κ2) is 6.73. The topological polar surface area (TPSA) is 21.3 Å². The minimum Gasteiger partial charge on any atom is -0.494 e. The molecular weight excluding hydrogens is 358 g/mol. The smallest absolute Gasteiger partial charge is 0.147 e. The molecule has 0 heterocycles. The molecule has 1 aliphatic carbocycles. The summed E-state index contributed by atoms with van der Waals surface area (Å²) < 4.78 is 7.27. The number of halogens is 2. The SMILES string of the molecule is COc1c(Br)cc(CNC2CC=CCC2)cc1Br. The van der Waals surface area contributed by atoms with Gasteiger partial charge in [-0.2, -0.15) is 0 Å². The Morgan fingerprint density at radius 2 is 2.00 bits per heavy atom. The first-order valence-electron chi connectivity index (χ1n) is 6.11. The van der Waals surface area contributed by atoms with Gasteiger partial charge in [0, 0.05) is 12.6 Å². The normalized spacial score (nSPS) is 18.9. The van der Waals surface area contributed by atoms with Crippen molar-refractivity contribution >= 4 is 31.9 Å². The molecular formula is C14H17Br2NO. The molecule has 0 aliphatic heterocycles. The Kier molecular flexibility index (Phi) is 5.27. The van der Waals surface area contributed by atoms with Gasteiger partial charge < -0.3 is 10.1 Å². The maximum Gasteiger partial charge on any atom is 0.147 e. The molecule has 2 nitrogen and oxygen atoms in total. The van der Waals surface area contributed by atoms with E-state index in [4.69, 9.17) is 4.74 Å². The average Bonchev–Trinajstić information content (AvgIpc) is 2.37. The van der Waals surface area contributed by atoms with Crippen molar-refractivity contribution in [1.29, 1.82) is 0 Å². The molecule has 0 bridgehead atoms. The summed E-state index contributed by atoms with van der Waals surface area (Å²) >= 11 is 7.06. The number of nitrogens with one attached hydrogen (secondary N) is 1. The number of methoxy groups -OCH3 is 1. The third-order valence-corrected chi connectivity index (χ3v) is 4.30. The van der Waals surface area contributed by atoms with Gasteiger partial charge in [0.15, 0.2) is 0 Å². The van der Waals surface area contributed by atoms with Crippen LogP contribution in [0.25, 0.3) is 0 Å². The highest BCUT2D eigenvalue weighted by molar-refractivity contribution is 9.11. The van der Waals surface area contributed by atoms with Crippen LogP contribution in [0.1, 0.15) is 24.8 Å². The highest BCUT2D eigenvalue weighted by atomic mass is 79.9. The Bertz CT molecular complexity index is 422. The fourth-order valence-electron chi connectivity index (χ4n) is 2.15. The zero-order chi connectivity index (χ0) is 13.0. The van der Waals surface area contributed by atoms with Crippen molar-refractivity contribution in [3.63, 3.8) is 0 Å². The summed E-state index contributed by atoms with van der Waals surface area (Å²) in [6.07, 6.45) is 8.08. The lowest BCUT2D eigenvalue weighted by Crippen LogP contribution is -2.29. The lowest BCUT2D eigenvalue weighted by molar-refractivity contribution is 0.409. The molecule has 0 fully saturated rings. The van der Waals surface area contributed by atoms with Crippen LogP contribution in [-0.4, -0.2) is 13.2 Å². The number of hydrogen-bond acceptors (Lipinski definition) is 2. The highest BCUT2D eigenvalue weighted by Crippen LogP contribution is 2.34. The monoisotopic (exact) mass is 373 g/mol. The quantitative estimate of drug-likeness (QED) is 0.787. The van der Waals surface area contributed by atoms with Crippen LogP contribution in [-0.2, 0) is 6.54 Å². The van der Waals surface area contributed by atoms with Crippen LogP contribution >= 0.6 is 31.9 Å². The predicted octanol–water partition coefficient (Wildman–Crippen LogP) is 4.42. The number of benzene rings is 1. The van der Waals surface area contributed by atoms with Crippen molar-refractivity contribution < 1.29 is 4.74 Å². The lowest BCUT2D eigenvalue weighted by atomic mass is 10.0. The minimum absolute atomic E-state index is 0.606. The van der Waals surface area contributed by atoms with Crippen molar-refractivity contribution in [3.05, 3.63) is 38.8 Å². The fourth-order valence-corrected chi connectivity index (χ4v) is 3.76. The van der Waals surface area contributed by atoms with E-state index in [0.717, 1.165) is 27.7 Å². The van der Waals surface area contributed by atoms with Crippen molar-refractivity contribution in [2.75, 3.05) is 7.11 Å². The maximum atomic E-state index is 5.30. The predicted molar refractivity (Wildman–Crippen MR) is 82.0 cm³/mol. The fraction of sp³-hybridized carbons (Fsp3) is 0.429. The molecule has 1 N–H and O–H groups in total. The summed E-state index contributed by atoms with van der Waals surface area (Å²) in [5.74, 6) is 0.847. The molecule has 1 unspecified atom stereocenters. The van der Waals surface area contributed by atoms with E-state index < -0.39 is 0 Å². The lowest BCUT2D eigenvalue weighted by Gasteiger charge is -2.19. The molecule has 1 atom stereocenters. The van der Waals surface area contributed by atoms with Gasteiger partial charge in [-0.1, -0.05) is 12.2 Å². The van der Waals surface area contributed by atoms with Gasteiger partial charge in [0.1, 0.15) is 5.75 Å². The van der Waals surface area contributed by atoms with Gasteiger partial charge in [-0.25, -0.2) is 0 Å². The van der Waals surface area contributed by atoms with Gasteiger partial charge in [0.05, 0.1) is 16.1 Å². The van der Waals surface area contributed by atoms with Gasteiger partial charge in [-0.3, -0.25) is 0 Å². The summed E-state index contributed by atoms with van der Waals surface area (Å²) in [5, 5.41) is 3.60. The van der Waals surface area contributed by atoms with Crippen LogP contribution in [0.2, 0.25) is 0 Å². The largest absolute Gasteiger partial charge is 0.494 e. The van der Waals surface area contributed by atoms with E-state index in [-0.39, 0.29) is 0 Å². The van der Waals surface area contributed by atoms with E-state index >= 15 is 0 Å². The van der Waals surface area contributed by atoms with Crippen molar-refractivity contribution in [1.82, 2.24) is 5.32 Å². The number of allylic oxidation sites excluding steroid dienone is 1. The van der Waals surface area contributed by atoms with Crippen LogP contribution in [0, 0.1) is 0 Å². The van der Waals surface area contributed by atoms with Crippen LogP contribution < -0.4 is 10.1 Å². The van der Waals surface area contributed by atoms with Gasteiger partial charge in [0.25, 0.3) is 0 Å². The minimum atomic E-state index is 0.606. The van der Waals surface area contributed by atoms with E-state index in [0.29, 0.717) is 6.04 Å². The summed E-state index contributed by atoms with van der Waals surface area (Å²) in [6.45, 7) is 0.889. The molecule has 98 valence electrons. The Morgan fingerprint density at radius 3 is 2.56 bits per heavy atom. The standard InChI is InChI=1S/C14H17Br2NO/c1-18-14-12(15)7-10(8-13(14)16)9-17-11-5-3-2-4-6-11/h2-3,7-8,11,17H,4-6,9H2,1H3. The number of hydrogen-bond donors (Lipinski definition) is 1. The van der Waals surface area contributed by atoms with Crippen LogP contribution in [0.5, 0.6) is 5.75 Å². The Labute approximate surface area is 125 Å². The van der Waals surface area contributed by atoms with E-state index in [1.807, 2.05) is 0 Å². The molecule has 0 saturated carbocycles. The van der Waals surface area contributed by atoms with Gasteiger partial charge in [-0.05, 0) is 68.8 Å². The first kappa shape index (κ1) is 14.1. The molecule has 2 rings (SSSR count). The molecule has 0 spiro atoms. The Morgan fingerprint density at radius 1 is 1.28 bits per heavy atom. The molecule has 0 amide bonds. The molecule has 0 radical (unpaired) electrons. The van der Waals surface area contributed by atoms with E-state index in [1.54, 1.807) is 7.11 Å². The van der Waals surface area contributed by atoms with Crippen LogP contribution in [0.4, 0.5) is 0 Å². The van der Waals surface area contributed by atoms with Gasteiger partial charge >= 0.3 is 0 Å². The molecule has 0 aromatic heterocycles. The van der Waals surface area contributed by atoms with E-state index in [2.05, 4.69) is 61.5 Å². The Balaban J connectivity index is 1.99.